The van der Waals surface area contributed by atoms with Crippen molar-refractivity contribution in [2.45, 2.75) is 33.1 Å². The van der Waals surface area contributed by atoms with E-state index in [0.29, 0.717) is 18.0 Å². The highest BCUT2D eigenvalue weighted by atomic mass is 32.1. The predicted molar refractivity (Wildman–Crippen MR) is 115 cm³/mol. The summed E-state index contributed by atoms with van der Waals surface area (Å²) in [6.45, 7) is 5.47. The Morgan fingerprint density at radius 3 is 2.82 bits per heavy atom. The lowest BCUT2D eigenvalue weighted by Crippen LogP contribution is -2.24. The number of carbonyl (C=O) groups excluding carboxylic acids is 1. The van der Waals surface area contributed by atoms with Crippen molar-refractivity contribution in [3.63, 3.8) is 0 Å². The number of rotatable bonds is 9. The summed E-state index contributed by atoms with van der Waals surface area (Å²) in [6.07, 6.45) is 4.38. The number of benzene rings is 1. The van der Waals surface area contributed by atoms with Gasteiger partial charge in [0, 0.05) is 13.1 Å². The van der Waals surface area contributed by atoms with E-state index < -0.39 is 0 Å². The Morgan fingerprint density at radius 2 is 2.04 bits per heavy atom. The first kappa shape index (κ1) is 20.1. The first-order valence-electron chi connectivity index (χ1n) is 9.53. The standard InChI is InChI=1S/C21H26N4O2S/c1-4-5-11-23-20(26)18-14(2)17-19(24-13-25-21(17)28-18)22-12-10-15-8-6-7-9-16(15)27-3/h6-9,13H,4-5,10-12H2,1-3H3,(H,23,26)(H,22,24,25). The van der Waals surface area contributed by atoms with Crippen molar-refractivity contribution < 1.29 is 9.53 Å². The van der Waals surface area contributed by atoms with E-state index in [1.54, 1.807) is 13.4 Å². The highest BCUT2D eigenvalue weighted by molar-refractivity contribution is 7.20. The molecule has 7 heteroatoms. The van der Waals surface area contributed by atoms with Gasteiger partial charge in [-0.1, -0.05) is 31.5 Å². The smallest absolute Gasteiger partial charge is 0.261 e. The maximum absolute atomic E-state index is 12.5. The molecule has 0 saturated heterocycles. The van der Waals surface area contributed by atoms with E-state index in [1.165, 1.54) is 11.3 Å². The van der Waals surface area contributed by atoms with Crippen molar-refractivity contribution in [1.82, 2.24) is 15.3 Å². The van der Waals surface area contributed by atoms with Gasteiger partial charge < -0.3 is 15.4 Å². The van der Waals surface area contributed by atoms with Crippen LogP contribution < -0.4 is 15.4 Å². The molecule has 2 aromatic heterocycles. The molecule has 0 bridgehead atoms. The molecule has 28 heavy (non-hydrogen) atoms. The molecule has 1 aromatic carbocycles. The van der Waals surface area contributed by atoms with Gasteiger partial charge in [0.05, 0.1) is 17.4 Å². The van der Waals surface area contributed by atoms with Crippen LogP contribution in [-0.4, -0.2) is 36.1 Å². The largest absolute Gasteiger partial charge is 0.496 e. The zero-order valence-corrected chi connectivity index (χ0v) is 17.4. The third-order valence-electron chi connectivity index (χ3n) is 4.63. The lowest BCUT2D eigenvalue weighted by molar-refractivity contribution is 0.0956. The number of anilines is 1. The molecule has 0 saturated carbocycles. The minimum Gasteiger partial charge on any atom is -0.496 e. The number of ether oxygens (including phenoxy) is 1. The van der Waals surface area contributed by atoms with Crippen molar-refractivity contribution in [1.29, 1.82) is 0 Å². The topological polar surface area (TPSA) is 76.1 Å². The number of unbranched alkanes of at least 4 members (excludes halogenated alkanes) is 1. The number of fused-ring (bicyclic) bond motifs is 1. The van der Waals surface area contributed by atoms with Crippen LogP contribution >= 0.6 is 11.3 Å². The first-order valence-corrected chi connectivity index (χ1v) is 10.3. The van der Waals surface area contributed by atoms with E-state index in [9.17, 15) is 4.79 Å². The number of thiophene rings is 1. The lowest BCUT2D eigenvalue weighted by Gasteiger charge is -2.10. The summed E-state index contributed by atoms with van der Waals surface area (Å²) in [7, 11) is 1.68. The molecule has 0 atom stereocenters. The highest BCUT2D eigenvalue weighted by Crippen LogP contribution is 2.33. The van der Waals surface area contributed by atoms with Crippen molar-refractivity contribution in [2.75, 3.05) is 25.5 Å². The Morgan fingerprint density at radius 1 is 1.21 bits per heavy atom. The second-order valence-electron chi connectivity index (χ2n) is 6.56. The van der Waals surface area contributed by atoms with Gasteiger partial charge in [0.15, 0.2) is 0 Å². The predicted octanol–water partition coefficient (Wildman–Crippen LogP) is 4.19. The SMILES string of the molecule is CCCCNC(=O)c1sc2ncnc(NCCc3ccccc3OC)c2c1C. The first-order chi connectivity index (χ1) is 13.7. The molecule has 0 radical (unpaired) electrons. The van der Waals surface area contributed by atoms with Crippen molar-refractivity contribution in [3.8, 4) is 5.75 Å². The van der Waals surface area contributed by atoms with E-state index in [4.69, 9.17) is 4.74 Å². The molecule has 2 heterocycles. The molecule has 0 spiro atoms. The summed E-state index contributed by atoms with van der Waals surface area (Å²) < 4.78 is 5.41. The minimum atomic E-state index is -0.0334. The molecule has 0 unspecified atom stereocenters. The molecule has 0 aliphatic heterocycles. The number of hydrogen-bond donors (Lipinski definition) is 2. The van der Waals surface area contributed by atoms with Crippen LogP contribution in [0.4, 0.5) is 5.82 Å². The third kappa shape index (κ3) is 4.42. The van der Waals surface area contributed by atoms with Crippen LogP contribution in [0.1, 0.15) is 40.6 Å². The van der Waals surface area contributed by atoms with Gasteiger partial charge in [-0.05, 0) is 37.0 Å². The molecule has 2 N–H and O–H groups in total. The fraction of sp³-hybridized carbons (Fsp3) is 0.381. The van der Waals surface area contributed by atoms with E-state index in [0.717, 1.165) is 52.2 Å². The Balaban J connectivity index is 1.75. The Bertz CT molecular complexity index is 955. The normalized spacial score (nSPS) is 10.8. The van der Waals surface area contributed by atoms with Gasteiger partial charge >= 0.3 is 0 Å². The number of para-hydroxylation sites is 1. The number of nitrogens with one attached hydrogen (secondary N) is 2. The van der Waals surface area contributed by atoms with Gasteiger partial charge in [-0.3, -0.25) is 4.79 Å². The summed E-state index contributed by atoms with van der Waals surface area (Å²) in [5.74, 6) is 1.62. The van der Waals surface area contributed by atoms with E-state index >= 15 is 0 Å². The van der Waals surface area contributed by atoms with E-state index in [1.807, 2.05) is 25.1 Å². The zero-order valence-electron chi connectivity index (χ0n) is 16.5. The minimum absolute atomic E-state index is 0.0334. The maximum Gasteiger partial charge on any atom is 0.261 e. The fourth-order valence-electron chi connectivity index (χ4n) is 3.11. The summed E-state index contributed by atoms with van der Waals surface area (Å²) in [4.78, 5) is 22.8. The van der Waals surface area contributed by atoms with Gasteiger partial charge in [-0.15, -0.1) is 11.3 Å². The lowest BCUT2D eigenvalue weighted by atomic mass is 10.1. The van der Waals surface area contributed by atoms with Crippen LogP contribution in [0.5, 0.6) is 5.75 Å². The maximum atomic E-state index is 12.5. The Labute approximate surface area is 169 Å². The van der Waals surface area contributed by atoms with Crippen LogP contribution in [0.3, 0.4) is 0 Å². The van der Waals surface area contributed by atoms with Gasteiger partial charge in [-0.2, -0.15) is 0 Å². The number of carbonyl (C=O) groups is 1. The third-order valence-corrected chi connectivity index (χ3v) is 5.83. The van der Waals surface area contributed by atoms with Crippen molar-refractivity contribution in [3.05, 3.63) is 46.6 Å². The quantitative estimate of drug-likeness (QED) is 0.529. The number of nitrogens with zero attached hydrogens (tertiary/aromatic N) is 2. The summed E-state index contributed by atoms with van der Waals surface area (Å²) in [5.41, 5.74) is 2.07. The molecule has 1 amide bonds. The molecular formula is C21H26N4O2S. The second kappa shape index (κ2) is 9.50. The number of aryl methyl sites for hydroxylation is 1. The van der Waals surface area contributed by atoms with Gasteiger partial charge in [0.1, 0.15) is 22.7 Å². The Hall–Kier alpha value is -2.67. The fourth-order valence-corrected chi connectivity index (χ4v) is 4.17. The van der Waals surface area contributed by atoms with Crippen LogP contribution in [0, 0.1) is 6.92 Å². The molecule has 0 aliphatic carbocycles. The molecule has 6 nitrogen and oxygen atoms in total. The van der Waals surface area contributed by atoms with Crippen LogP contribution in [0.15, 0.2) is 30.6 Å². The summed E-state index contributed by atoms with van der Waals surface area (Å²) in [6, 6.07) is 7.99. The van der Waals surface area contributed by atoms with Crippen LogP contribution in [-0.2, 0) is 6.42 Å². The monoisotopic (exact) mass is 398 g/mol. The van der Waals surface area contributed by atoms with Crippen LogP contribution in [0.25, 0.3) is 10.2 Å². The van der Waals surface area contributed by atoms with Gasteiger partial charge in [0.2, 0.25) is 0 Å². The second-order valence-corrected chi connectivity index (χ2v) is 7.56. The molecule has 3 rings (SSSR count). The summed E-state index contributed by atoms with van der Waals surface area (Å²) in [5, 5.41) is 7.31. The average molecular weight is 399 g/mol. The molecule has 0 aliphatic rings. The molecule has 3 aromatic rings. The number of hydrogen-bond acceptors (Lipinski definition) is 6. The average Bonchev–Trinajstić information content (AvgIpc) is 3.06. The number of methoxy groups -OCH3 is 1. The van der Waals surface area contributed by atoms with Crippen molar-refractivity contribution >= 4 is 33.3 Å². The Kier molecular flexibility index (Phi) is 6.81. The van der Waals surface area contributed by atoms with Gasteiger partial charge in [0.25, 0.3) is 5.91 Å². The van der Waals surface area contributed by atoms with Gasteiger partial charge in [-0.25, -0.2) is 9.97 Å². The van der Waals surface area contributed by atoms with Crippen LogP contribution in [0.2, 0.25) is 0 Å². The number of aromatic nitrogens is 2. The zero-order chi connectivity index (χ0) is 19.9. The molecular weight excluding hydrogens is 372 g/mol. The van der Waals surface area contributed by atoms with Crippen molar-refractivity contribution in [2.24, 2.45) is 0 Å². The highest BCUT2D eigenvalue weighted by Gasteiger charge is 2.19. The molecule has 0 fully saturated rings. The van der Waals surface area contributed by atoms with E-state index in [-0.39, 0.29) is 5.91 Å². The molecule has 148 valence electrons. The van der Waals surface area contributed by atoms with E-state index in [2.05, 4.69) is 33.6 Å². The summed E-state index contributed by atoms with van der Waals surface area (Å²) >= 11 is 1.42. The number of amides is 1.